The number of likely N-dealkylation sites (N-methyl/N-ethyl adjacent to an activating group) is 2. The Labute approximate surface area is 213 Å². The summed E-state index contributed by atoms with van der Waals surface area (Å²) in [6.45, 7) is -3.21. The topological polar surface area (TPSA) is 77.8 Å². The van der Waals surface area contributed by atoms with Crippen molar-refractivity contribution in [3.05, 3.63) is 0 Å². The third-order valence-electron chi connectivity index (χ3n) is 5.31. The normalized spacial score (nSPS) is 17.0. The van der Waals surface area contributed by atoms with Crippen LogP contribution in [-0.4, -0.2) is 128 Å². The summed E-state index contributed by atoms with van der Waals surface area (Å²) in [4.78, 5) is 0. The monoisotopic (exact) mass is 659 g/mol. The highest BCUT2D eigenvalue weighted by molar-refractivity contribution is 7.90. The minimum absolute atomic E-state index is 0.155. The molecule has 242 valence electrons. The lowest BCUT2D eigenvalue weighted by atomic mass is 9.91. The van der Waals surface area contributed by atoms with E-state index in [1.165, 1.54) is 14.1 Å². The summed E-state index contributed by atoms with van der Waals surface area (Å²) in [5.74, 6) is -52.0. The fourth-order valence-electron chi connectivity index (χ4n) is 2.89. The van der Waals surface area contributed by atoms with Crippen molar-refractivity contribution < 1.29 is 97.8 Å². The molecule has 1 unspecified atom stereocenters. The third-order valence-corrected chi connectivity index (χ3v) is 7.18. The van der Waals surface area contributed by atoms with Crippen LogP contribution < -0.4 is 0 Å². The lowest BCUT2D eigenvalue weighted by Gasteiger charge is -2.43. The van der Waals surface area contributed by atoms with E-state index < -0.39 is 91.6 Å². The number of rotatable bonds is 14. The Hall–Kier alpha value is -1.40. The van der Waals surface area contributed by atoms with Gasteiger partial charge in [0.2, 0.25) is 0 Å². The molecule has 0 heterocycles. The van der Waals surface area contributed by atoms with Crippen LogP contribution in [0.1, 0.15) is 0 Å². The maximum absolute atomic E-state index is 14.2. The van der Waals surface area contributed by atoms with Crippen molar-refractivity contribution in [3.8, 4) is 0 Å². The van der Waals surface area contributed by atoms with Crippen LogP contribution in [0.3, 0.4) is 0 Å². The van der Waals surface area contributed by atoms with Gasteiger partial charge in [-0.05, 0) is 0 Å². The Morgan fingerprint density at radius 2 is 1.00 bits per heavy atom. The summed E-state index contributed by atoms with van der Waals surface area (Å²) >= 11 is 0. The molecule has 0 radical (unpaired) electrons. The second kappa shape index (κ2) is 10.7. The zero-order valence-corrected chi connectivity index (χ0v) is 20.7. The van der Waals surface area contributed by atoms with Crippen molar-refractivity contribution in [1.29, 1.82) is 0 Å². The van der Waals surface area contributed by atoms with E-state index in [1.54, 1.807) is 0 Å². The summed E-state index contributed by atoms with van der Waals surface area (Å²) in [6, 6.07) is 0. The molecule has 0 bridgehead atoms. The Morgan fingerprint density at radius 3 is 1.32 bits per heavy atom. The molecule has 0 fully saturated rings. The molecule has 0 aromatic carbocycles. The van der Waals surface area contributed by atoms with Gasteiger partial charge in [-0.1, -0.05) is 0 Å². The van der Waals surface area contributed by atoms with Crippen LogP contribution in [-0.2, 0) is 10.0 Å². The number of quaternary nitrogens is 1. The van der Waals surface area contributed by atoms with Crippen LogP contribution in [0.25, 0.3) is 0 Å². The highest BCUT2D eigenvalue weighted by atomic mass is 32.2. The number of aliphatic hydroxyl groups excluding tert-OH is 2. The van der Waals surface area contributed by atoms with Gasteiger partial charge in [-0.3, -0.25) is 0 Å². The lowest BCUT2D eigenvalue weighted by Crippen LogP contribution is -2.75. The molecule has 0 aliphatic rings. The van der Waals surface area contributed by atoms with Gasteiger partial charge in [-0.15, -0.1) is 0 Å². The van der Waals surface area contributed by atoms with Crippen molar-refractivity contribution in [3.63, 3.8) is 0 Å². The average Bonchev–Trinajstić information content (AvgIpc) is 2.70. The first-order chi connectivity index (χ1) is 17.1. The molecule has 0 aliphatic heterocycles. The second-order valence-corrected chi connectivity index (χ2v) is 11.1. The van der Waals surface area contributed by atoms with E-state index in [4.69, 9.17) is 5.11 Å². The van der Waals surface area contributed by atoms with Crippen LogP contribution in [0.2, 0.25) is 0 Å². The average molecular weight is 659 g/mol. The van der Waals surface area contributed by atoms with Crippen LogP contribution in [0.5, 0.6) is 0 Å². The molecule has 0 amide bonds. The minimum atomic E-state index is -8.91. The molecular formula is C16H20F17N2O4S+. The summed E-state index contributed by atoms with van der Waals surface area (Å²) in [6.07, 6.45) is -10.1. The Bertz CT molecular complexity index is 998. The summed E-state index contributed by atoms with van der Waals surface area (Å²) in [5, 5.41) is 10.9. The van der Waals surface area contributed by atoms with E-state index in [9.17, 15) is 88.2 Å². The van der Waals surface area contributed by atoms with Gasteiger partial charge in [-0.25, -0.2) is 8.42 Å². The van der Waals surface area contributed by atoms with Crippen molar-refractivity contribution in [2.75, 3.05) is 47.4 Å². The number of halogens is 17. The highest BCUT2D eigenvalue weighted by Crippen LogP contribution is 2.64. The van der Waals surface area contributed by atoms with Gasteiger partial charge in [0.15, 0.2) is 0 Å². The molecule has 0 saturated heterocycles. The van der Waals surface area contributed by atoms with Crippen LogP contribution in [0.4, 0.5) is 74.6 Å². The molecule has 0 rings (SSSR count). The van der Waals surface area contributed by atoms with Crippen molar-refractivity contribution in [2.45, 2.75) is 53.1 Å². The zero-order valence-electron chi connectivity index (χ0n) is 19.8. The first-order valence-corrected chi connectivity index (χ1v) is 11.3. The molecule has 0 aromatic heterocycles. The molecule has 0 aliphatic carbocycles. The van der Waals surface area contributed by atoms with Crippen LogP contribution >= 0.6 is 0 Å². The maximum atomic E-state index is 14.2. The largest absolute Gasteiger partial charge is 0.460 e. The highest BCUT2D eigenvalue weighted by Gasteiger charge is 2.96. The predicted molar refractivity (Wildman–Crippen MR) is 97.2 cm³/mol. The van der Waals surface area contributed by atoms with Gasteiger partial charge in [0.1, 0.15) is 19.2 Å². The van der Waals surface area contributed by atoms with Gasteiger partial charge in [-0.2, -0.15) is 78.9 Å². The Kier molecular flexibility index (Phi) is 10.3. The predicted octanol–water partition coefficient (Wildman–Crippen LogP) is 3.64. The SMILES string of the molecule is CN(CC(O)C[N+](C)(C)CCO)S(=O)(=O)C(F)(F)C(F)(F)C(F)(F)C(F)(F)C(F)(F)C(F)(F)C(F)(F)C(F)(F)F. The van der Waals surface area contributed by atoms with Gasteiger partial charge < -0.3 is 14.7 Å². The van der Waals surface area contributed by atoms with E-state index in [-0.39, 0.29) is 13.6 Å². The standard InChI is InChI=1S/C16H20F17N2O4S/c1-34(6-8(37)7-35(2,3)4-5-36)40(38,39)16(32,33)14(27,28)12(23,24)10(19,20)9(17,18)11(21,22)13(25,26)15(29,30)31/h8,36-37H,4-7H2,1-3H3/q+1. The smallest absolute Gasteiger partial charge is 0.391 e. The van der Waals surface area contributed by atoms with Gasteiger partial charge >= 0.3 is 47.0 Å². The first-order valence-electron chi connectivity index (χ1n) is 9.86. The van der Waals surface area contributed by atoms with Gasteiger partial charge in [0.25, 0.3) is 10.0 Å². The molecular weight excluding hydrogens is 639 g/mol. The van der Waals surface area contributed by atoms with Crippen molar-refractivity contribution in [2.24, 2.45) is 0 Å². The van der Waals surface area contributed by atoms with Gasteiger partial charge in [0.05, 0.1) is 20.7 Å². The third kappa shape index (κ3) is 5.78. The number of nitrogens with zero attached hydrogens (tertiary/aromatic N) is 2. The molecule has 40 heavy (non-hydrogen) atoms. The van der Waals surface area contributed by atoms with Crippen molar-refractivity contribution in [1.82, 2.24) is 4.31 Å². The molecule has 1 atom stereocenters. The summed E-state index contributed by atoms with van der Waals surface area (Å²) in [7, 11) is -5.19. The van der Waals surface area contributed by atoms with E-state index in [1.807, 2.05) is 0 Å². The quantitative estimate of drug-likeness (QED) is 0.221. The first kappa shape index (κ1) is 38.6. The molecule has 2 N–H and O–H groups in total. The Morgan fingerprint density at radius 1 is 0.675 bits per heavy atom. The van der Waals surface area contributed by atoms with E-state index >= 15 is 0 Å². The number of sulfonamides is 1. The van der Waals surface area contributed by atoms with E-state index in [0.717, 1.165) is 0 Å². The lowest BCUT2D eigenvalue weighted by molar-refractivity contribution is -0.893. The van der Waals surface area contributed by atoms with Gasteiger partial charge in [0, 0.05) is 13.6 Å². The molecule has 6 nitrogen and oxygen atoms in total. The van der Waals surface area contributed by atoms with Crippen molar-refractivity contribution >= 4 is 10.0 Å². The summed E-state index contributed by atoms with van der Waals surface area (Å²) < 4.78 is 249. The summed E-state index contributed by atoms with van der Waals surface area (Å²) in [5.41, 5.74) is 0. The minimum Gasteiger partial charge on any atom is -0.391 e. The number of hydrogen-bond donors (Lipinski definition) is 2. The molecule has 24 heteroatoms. The fourth-order valence-corrected chi connectivity index (χ4v) is 4.10. The number of hydrogen-bond acceptors (Lipinski definition) is 4. The Balaban J connectivity index is 6.70. The number of aliphatic hydroxyl groups is 2. The van der Waals surface area contributed by atoms with Crippen LogP contribution in [0.15, 0.2) is 0 Å². The maximum Gasteiger partial charge on any atom is 0.460 e. The molecule has 0 spiro atoms. The van der Waals surface area contributed by atoms with E-state index in [0.29, 0.717) is 0 Å². The van der Waals surface area contributed by atoms with Crippen LogP contribution in [0, 0.1) is 0 Å². The number of alkyl halides is 17. The zero-order chi connectivity index (χ0) is 33.0. The fraction of sp³-hybridized carbons (Fsp3) is 1.00. The molecule has 0 saturated carbocycles. The second-order valence-electron chi connectivity index (χ2n) is 8.97. The molecule has 0 aromatic rings. The van der Waals surface area contributed by atoms with E-state index in [2.05, 4.69) is 0 Å².